The molecule has 0 fully saturated rings. The average molecular weight is 624 g/mol. The largest absolute Gasteiger partial charge is 0.465 e. The molecule has 0 saturated carbocycles. The van der Waals surface area contributed by atoms with E-state index in [-0.39, 0.29) is 17.8 Å². The standard InChI is InChI=1S/C33H46ClN5O3Si/c1-20(2)43(21(3)4,22(5)6)16-15-27-29(34)26(25-14-12-13-24-18-35-38(11)30(24)25)17-28(36-27)37-31(40)23(7)39(32(41)42)19-33(8,9)10/h12-14,17-18,20-23H,19H2,1-11H3,(H,41,42)(H,36,37,40)/t23-/m0/s1. The molecule has 3 rings (SSSR count). The van der Waals surface area contributed by atoms with Crippen molar-refractivity contribution in [2.45, 2.75) is 91.9 Å². The zero-order valence-electron chi connectivity index (χ0n) is 27.3. The number of nitrogens with zero attached hydrogens (tertiary/aromatic N) is 4. The highest BCUT2D eigenvalue weighted by Gasteiger charge is 2.42. The maximum atomic E-state index is 13.5. The zero-order chi connectivity index (χ0) is 32.4. The van der Waals surface area contributed by atoms with E-state index in [1.54, 1.807) is 23.9 Å². The van der Waals surface area contributed by atoms with Gasteiger partial charge in [-0.2, -0.15) is 5.10 Å². The number of nitrogens with one attached hydrogen (secondary N) is 1. The summed E-state index contributed by atoms with van der Waals surface area (Å²) in [5, 5.41) is 18.5. The van der Waals surface area contributed by atoms with Gasteiger partial charge in [0.1, 0.15) is 25.6 Å². The highest BCUT2D eigenvalue weighted by molar-refractivity contribution is 6.90. The SMILES string of the molecule is CC(C)[Si](C#Cc1nc(NC(=O)[C@H](C)N(CC(C)(C)C)C(=O)O)cc(-c2cccc3cnn(C)c23)c1Cl)(C(C)C)C(C)C. The number of pyridine rings is 1. The first kappa shape index (κ1) is 34.1. The summed E-state index contributed by atoms with van der Waals surface area (Å²) >= 11 is 7.09. The Kier molecular flexibility index (Phi) is 10.4. The van der Waals surface area contributed by atoms with Crippen LogP contribution in [-0.2, 0) is 11.8 Å². The minimum Gasteiger partial charge on any atom is -0.465 e. The molecule has 2 heterocycles. The molecule has 2 aromatic heterocycles. The summed E-state index contributed by atoms with van der Waals surface area (Å²) in [5.41, 5.74) is 7.36. The number of benzene rings is 1. The Morgan fingerprint density at radius 2 is 1.67 bits per heavy atom. The molecule has 3 aromatic rings. The molecule has 1 atom stereocenters. The first-order chi connectivity index (χ1) is 19.9. The van der Waals surface area contributed by atoms with Crippen molar-refractivity contribution >= 4 is 48.4 Å². The van der Waals surface area contributed by atoms with E-state index in [1.165, 1.54) is 0 Å². The third kappa shape index (κ3) is 7.24. The molecule has 0 aliphatic carbocycles. The van der Waals surface area contributed by atoms with E-state index in [4.69, 9.17) is 16.6 Å². The highest BCUT2D eigenvalue weighted by Crippen LogP contribution is 2.41. The molecule has 0 saturated heterocycles. The van der Waals surface area contributed by atoms with Crippen LogP contribution >= 0.6 is 11.6 Å². The summed E-state index contributed by atoms with van der Waals surface area (Å²) in [6.45, 7) is 21.0. The third-order valence-electron chi connectivity index (χ3n) is 8.26. The summed E-state index contributed by atoms with van der Waals surface area (Å²) in [6.07, 6.45) is 0.636. The van der Waals surface area contributed by atoms with Gasteiger partial charge in [0, 0.05) is 30.1 Å². The average Bonchev–Trinajstić information content (AvgIpc) is 3.28. The van der Waals surface area contributed by atoms with Crippen LogP contribution in [0.4, 0.5) is 10.6 Å². The van der Waals surface area contributed by atoms with Gasteiger partial charge in [-0.1, -0.05) is 98.0 Å². The van der Waals surface area contributed by atoms with Gasteiger partial charge in [0.2, 0.25) is 5.91 Å². The van der Waals surface area contributed by atoms with E-state index >= 15 is 0 Å². The van der Waals surface area contributed by atoms with E-state index in [9.17, 15) is 14.7 Å². The summed E-state index contributed by atoms with van der Waals surface area (Å²) in [5.74, 6) is 3.14. The summed E-state index contributed by atoms with van der Waals surface area (Å²) < 4.78 is 1.79. The molecule has 2 N–H and O–H groups in total. The van der Waals surface area contributed by atoms with Crippen LogP contribution in [-0.4, -0.2) is 57.4 Å². The van der Waals surface area contributed by atoms with Gasteiger partial charge in [-0.15, -0.1) is 5.54 Å². The molecule has 0 spiro atoms. The second-order valence-electron chi connectivity index (χ2n) is 13.5. The number of fused-ring (bicyclic) bond motifs is 1. The fourth-order valence-corrected chi connectivity index (χ4v) is 11.6. The molecule has 0 radical (unpaired) electrons. The molecular formula is C33H46ClN5O3Si. The lowest BCUT2D eigenvalue weighted by Gasteiger charge is -2.38. The number of hydrogen-bond acceptors (Lipinski definition) is 4. The Morgan fingerprint density at radius 1 is 1.07 bits per heavy atom. The van der Waals surface area contributed by atoms with Gasteiger partial charge in [-0.25, -0.2) is 9.78 Å². The fraction of sp³-hybridized carbons (Fsp3) is 0.515. The second-order valence-corrected chi connectivity index (χ2v) is 19.5. The van der Waals surface area contributed by atoms with Gasteiger partial charge >= 0.3 is 6.09 Å². The summed E-state index contributed by atoms with van der Waals surface area (Å²) in [7, 11) is -0.252. The molecule has 43 heavy (non-hydrogen) atoms. The number of anilines is 1. The molecule has 2 amide bonds. The monoisotopic (exact) mass is 623 g/mol. The van der Waals surface area contributed by atoms with Crippen molar-refractivity contribution in [2.24, 2.45) is 12.5 Å². The van der Waals surface area contributed by atoms with Crippen LogP contribution in [0.1, 0.15) is 74.9 Å². The van der Waals surface area contributed by atoms with Crippen molar-refractivity contribution in [1.29, 1.82) is 0 Å². The Labute approximate surface area is 262 Å². The van der Waals surface area contributed by atoms with Crippen molar-refractivity contribution in [3.8, 4) is 22.6 Å². The number of hydrogen-bond donors (Lipinski definition) is 2. The Hall–Kier alpha value is -3.35. The predicted molar refractivity (Wildman–Crippen MR) is 179 cm³/mol. The second kappa shape index (κ2) is 13.1. The lowest BCUT2D eigenvalue weighted by Crippen LogP contribution is -2.48. The number of rotatable bonds is 8. The summed E-state index contributed by atoms with van der Waals surface area (Å²) in [6, 6.07) is 6.66. The number of carbonyl (C=O) groups excluding carboxylic acids is 1. The maximum Gasteiger partial charge on any atom is 0.407 e. The first-order valence-electron chi connectivity index (χ1n) is 14.9. The van der Waals surface area contributed by atoms with Crippen LogP contribution in [0.15, 0.2) is 30.5 Å². The number of para-hydroxylation sites is 1. The number of carboxylic acid groups (broad SMARTS) is 1. The van der Waals surface area contributed by atoms with Crippen molar-refractivity contribution < 1.29 is 14.7 Å². The number of carbonyl (C=O) groups is 2. The van der Waals surface area contributed by atoms with Gasteiger partial charge < -0.3 is 10.4 Å². The highest BCUT2D eigenvalue weighted by atomic mass is 35.5. The molecule has 8 nitrogen and oxygen atoms in total. The smallest absolute Gasteiger partial charge is 0.407 e. The third-order valence-corrected chi connectivity index (χ3v) is 14.9. The van der Waals surface area contributed by atoms with Crippen molar-refractivity contribution in [3.05, 3.63) is 41.2 Å². The molecule has 1 aromatic carbocycles. The lowest BCUT2D eigenvalue weighted by molar-refractivity contribution is -0.120. The molecule has 10 heteroatoms. The zero-order valence-corrected chi connectivity index (χ0v) is 29.1. The predicted octanol–water partition coefficient (Wildman–Crippen LogP) is 8.21. The van der Waals surface area contributed by atoms with Gasteiger partial charge in [0.05, 0.1) is 16.7 Å². The number of aryl methyl sites for hydroxylation is 1. The molecule has 0 unspecified atom stereocenters. The van der Waals surface area contributed by atoms with E-state index in [0.717, 1.165) is 21.4 Å². The Morgan fingerprint density at radius 3 is 2.21 bits per heavy atom. The first-order valence-corrected chi connectivity index (χ1v) is 17.5. The topological polar surface area (TPSA) is 100 Å². The van der Waals surface area contributed by atoms with Crippen LogP contribution < -0.4 is 5.32 Å². The van der Waals surface area contributed by atoms with Crippen LogP contribution in [0, 0.1) is 16.9 Å². The quantitative estimate of drug-likeness (QED) is 0.194. The number of halogens is 1. The fourth-order valence-electron chi connectivity index (χ4n) is 6.18. The minimum absolute atomic E-state index is 0.196. The lowest BCUT2D eigenvalue weighted by atomic mass is 9.95. The van der Waals surface area contributed by atoms with Gasteiger partial charge in [0.25, 0.3) is 0 Å². The molecule has 0 aliphatic rings. The van der Waals surface area contributed by atoms with Gasteiger partial charge in [0.15, 0.2) is 0 Å². The van der Waals surface area contributed by atoms with Crippen molar-refractivity contribution in [3.63, 3.8) is 0 Å². The molecule has 232 valence electrons. The van der Waals surface area contributed by atoms with Crippen molar-refractivity contribution in [1.82, 2.24) is 19.7 Å². The minimum atomic E-state index is -2.12. The van der Waals surface area contributed by atoms with Gasteiger partial charge in [-0.05, 0) is 35.0 Å². The maximum absolute atomic E-state index is 13.5. The summed E-state index contributed by atoms with van der Waals surface area (Å²) in [4.78, 5) is 31.4. The van der Waals surface area contributed by atoms with Crippen molar-refractivity contribution in [2.75, 3.05) is 11.9 Å². The van der Waals surface area contributed by atoms with E-state index in [0.29, 0.717) is 32.9 Å². The van der Waals surface area contributed by atoms with Crippen LogP contribution in [0.5, 0.6) is 0 Å². The van der Waals surface area contributed by atoms with Crippen LogP contribution in [0.3, 0.4) is 0 Å². The van der Waals surface area contributed by atoms with E-state index < -0.39 is 26.1 Å². The Bertz CT molecular complexity index is 1540. The number of amides is 2. The van der Waals surface area contributed by atoms with Crippen LogP contribution in [0.2, 0.25) is 21.6 Å². The molecule has 0 aliphatic heterocycles. The normalized spacial score (nSPS) is 12.9. The molecule has 0 bridgehead atoms. The van der Waals surface area contributed by atoms with Gasteiger partial charge in [-0.3, -0.25) is 14.4 Å². The number of aromatic nitrogens is 3. The molecular weight excluding hydrogens is 578 g/mol. The Balaban J connectivity index is 2.22. The van der Waals surface area contributed by atoms with Crippen LogP contribution in [0.25, 0.3) is 22.0 Å². The van der Waals surface area contributed by atoms with E-state index in [1.807, 2.05) is 46.0 Å². The van der Waals surface area contributed by atoms with E-state index in [2.05, 4.69) is 63.4 Å².